The summed E-state index contributed by atoms with van der Waals surface area (Å²) in [6.45, 7) is 10.8. The first-order valence-electron chi connectivity index (χ1n) is 12.5. The molecule has 0 aliphatic rings. The maximum Gasteiger partial charge on any atom is 0.326 e. The number of amides is 3. The molecule has 0 heterocycles. The van der Waals surface area contributed by atoms with Crippen molar-refractivity contribution in [1.82, 2.24) is 16.0 Å². The number of benzene rings is 1. The molecule has 10 nitrogen and oxygen atoms in total. The van der Waals surface area contributed by atoms with E-state index < -0.39 is 47.9 Å². The Kier molecular flexibility index (Phi) is 12.4. The smallest absolute Gasteiger partial charge is 0.326 e. The molecule has 0 aliphatic carbocycles. The number of hydrogen-bond donors (Lipinski definition) is 6. The van der Waals surface area contributed by atoms with Gasteiger partial charge < -0.3 is 31.9 Å². The van der Waals surface area contributed by atoms with Gasteiger partial charge in [0.25, 0.3) is 0 Å². The standard InChI is InChI=1S/C26H42N4O6/c1-7-15(5)20(27)24(33)30-22(16(6)8-2)25(34)28-19(13-17-9-11-18(31)12-10-17)23(32)29-21(14(3)4)26(35)36/h9-12,14-16,19-22,31H,7-8,13,27H2,1-6H3,(H,28,34)(H,29,32)(H,30,33)(H,35,36). The number of aliphatic carboxylic acids is 1. The molecule has 1 aromatic carbocycles. The zero-order valence-corrected chi connectivity index (χ0v) is 22.1. The van der Waals surface area contributed by atoms with Gasteiger partial charge in [-0.3, -0.25) is 14.4 Å². The number of rotatable bonds is 14. The van der Waals surface area contributed by atoms with Crippen LogP contribution in [0.5, 0.6) is 5.75 Å². The van der Waals surface area contributed by atoms with Crippen LogP contribution in [0.25, 0.3) is 0 Å². The third kappa shape index (κ3) is 9.14. The van der Waals surface area contributed by atoms with Gasteiger partial charge in [0.1, 0.15) is 23.9 Å². The van der Waals surface area contributed by atoms with Crippen LogP contribution in [0, 0.1) is 17.8 Å². The Morgan fingerprint density at radius 3 is 1.81 bits per heavy atom. The van der Waals surface area contributed by atoms with Crippen molar-refractivity contribution >= 4 is 23.7 Å². The van der Waals surface area contributed by atoms with Crippen LogP contribution in [0.2, 0.25) is 0 Å². The van der Waals surface area contributed by atoms with Crippen molar-refractivity contribution in [3.63, 3.8) is 0 Å². The third-order valence-corrected chi connectivity index (χ3v) is 6.59. The molecule has 3 amide bonds. The van der Waals surface area contributed by atoms with Crippen molar-refractivity contribution in [1.29, 1.82) is 0 Å². The number of carbonyl (C=O) groups is 4. The fourth-order valence-corrected chi connectivity index (χ4v) is 3.57. The van der Waals surface area contributed by atoms with Crippen molar-refractivity contribution in [2.24, 2.45) is 23.5 Å². The number of carboxylic acids is 1. The van der Waals surface area contributed by atoms with Gasteiger partial charge >= 0.3 is 5.97 Å². The summed E-state index contributed by atoms with van der Waals surface area (Å²) in [4.78, 5) is 50.9. The molecule has 10 heteroatoms. The minimum atomic E-state index is -1.18. The molecular weight excluding hydrogens is 464 g/mol. The lowest BCUT2D eigenvalue weighted by molar-refractivity contribution is -0.143. The Morgan fingerprint density at radius 2 is 1.33 bits per heavy atom. The van der Waals surface area contributed by atoms with Crippen molar-refractivity contribution in [2.45, 2.75) is 85.0 Å². The average molecular weight is 507 g/mol. The molecule has 0 radical (unpaired) electrons. The number of carboxylic acid groups (broad SMARTS) is 1. The van der Waals surface area contributed by atoms with Crippen LogP contribution in [0.1, 0.15) is 59.9 Å². The highest BCUT2D eigenvalue weighted by atomic mass is 16.4. The third-order valence-electron chi connectivity index (χ3n) is 6.59. The molecule has 0 aromatic heterocycles. The number of phenols is 1. The lowest BCUT2D eigenvalue weighted by Crippen LogP contribution is -2.59. The van der Waals surface area contributed by atoms with Crippen molar-refractivity contribution in [3.8, 4) is 5.75 Å². The number of nitrogens with two attached hydrogens (primary N) is 1. The van der Waals surface area contributed by atoms with Crippen molar-refractivity contribution < 1.29 is 29.4 Å². The van der Waals surface area contributed by atoms with E-state index in [-0.39, 0.29) is 29.9 Å². The van der Waals surface area contributed by atoms with E-state index >= 15 is 0 Å². The van der Waals surface area contributed by atoms with Crippen LogP contribution in [0.15, 0.2) is 24.3 Å². The Hall–Kier alpha value is -3.14. The second kappa shape index (κ2) is 14.4. The molecule has 202 valence electrons. The van der Waals surface area contributed by atoms with Crippen molar-refractivity contribution in [3.05, 3.63) is 29.8 Å². The molecule has 36 heavy (non-hydrogen) atoms. The Morgan fingerprint density at radius 1 is 0.806 bits per heavy atom. The zero-order valence-electron chi connectivity index (χ0n) is 22.1. The van der Waals surface area contributed by atoms with Crippen LogP contribution in [0.4, 0.5) is 0 Å². The first-order chi connectivity index (χ1) is 16.8. The first-order valence-corrected chi connectivity index (χ1v) is 12.5. The summed E-state index contributed by atoms with van der Waals surface area (Å²) in [6.07, 6.45) is 1.33. The molecule has 0 saturated heterocycles. The van der Waals surface area contributed by atoms with E-state index in [1.807, 2.05) is 27.7 Å². The fourth-order valence-electron chi connectivity index (χ4n) is 3.57. The highest BCUT2D eigenvalue weighted by molar-refractivity contribution is 5.94. The lowest BCUT2D eigenvalue weighted by Gasteiger charge is -2.29. The monoisotopic (exact) mass is 506 g/mol. The molecule has 6 atom stereocenters. The minimum absolute atomic E-state index is 0.0479. The quantitative estimate of drug-likeness (QED) is 0.222. The summed E-state index contributed by atoms with van der Waals surface area (Å²) in [5.74, 6) is -3.53. The molecule has 0 spiro atoms. The Balaban J connectivity index is 3.20. The van der Waals surface area contributed by atoms with Gasteiger partial charge in [0.05, 0.1) is 6.04 Å². The predicted molar refractivity (Wildman–Crippen MR) is 137 cm³/mol. The van der Waals surface area contributed by atoms with Gasteiger partial charge in [0.15, 0.2) is 0 Å². The van der Waals surface area contributed by atoms with Gasteiger partial charge in [0, 0.05) is 6.42 Å². The number of aromatic hydroxyl groups is 1. The summed E-state index contributed by atoms with van der Waals surface area (Å²) in [6, 6.07) is 2.15. The lowest BCUT2D eigenvalue weighted by atomic mass is 9.95. The molecule has 0 fully saturated rings. The van der Waals surface area contributed by atoms with E-state index in [2.05, 4.69) is 16.0 Å². The molecule has 0 aliphatic heterocycles. The van der Waals surface area contributed by atoms with Gasteiger partial charge in [-0.05, 0) is 35.4 Å². The zero-order chi connectivity index (χ0) is 27.6. The van der Waals surface area contributed by atoms with Gasteiger partial charge in [-0.15, -0.1) is 0 Å². The van der Waals surface area contributed by atoms with E-state index in [0.717, 1.165) is 0 Å². The molecule has 1 rings (SSSR count). The molecule has 1 aromatic rings. The minimum Gasteiger partial charge on any atom is -0.508 e. The number of carbonyl (C=O) groups excluding carboxylic acids is 3. The second-order valence-electron chi connectivity index (χ2n) is 9.78. The summed E-state index contributed by atoms with van der Waals surface area (Å²) in [7, 11) is 0. The largest absolute Gasteiger partial charge is 0.508 e. The highest BCUT2D eigenvalue weighted by Crippen LogP contribution is 2.14. The SMILES string of the molecule is CCC(C)C(N)C(=O)NC(C(=O)NC(Cc1ccc(O)cc1)C(=O)NC(C(=O)O)C(C)C)C(C)CC. The van der Waals surface area contributed by atoms with Crippen molar-refractivity contribution in [2.75, 3.05) is 0 Å². The molecular formula is C26H42N4O6. The van der Waals surface area contributed by atoms with Gasteiger partial charge in [-0.1, -0.05) is 66.5 Å². The molecule has 7 N–H and O–H groups in total. The molecule has 0 bridgehead atoms. The van der Waals surface area contributed by atoms with Crippen LogP contribution >= 0.6 is 0 Å². The molecule has 6 unspecified atom stereocenters. The summed E-state index contributed by atoms with van der Waals surface area (Å²) < 4.78 is 0. The normalized spacial score (nSPS) is 16.2. The van der Waals surface area contributed by atoms with Gasteiger partial charge in [-0.2, -0.15) is 0 Å². The van der Waals surface area contributed by atoms with E-state index in [1.165, 1.54) is 12.1 Å². The number of nitrogens with one attached hydrogen (secondary N) is 3. The Labute approximate surface area is 213 Å². The predicted octanol–water partition coefficient (Wildman–Crippen LogP) is 1.55. The maximum absolute atomic E-state index is 13.4. The second-order valence-corrected chi connectivity index (χ2v) is 9.78. The van der Waals surface area contributed by atoms with Crippen LogP contribution in [-0.4, -0.2) is 58.1 Å². The summed E-state index contributed by atoms with van der Waals surface area (Å²) >= 11 is 0. The van der Waals surface area contributed by atoms with E-state index in [9.17, 15) is 29.4 Å². The number of hydrogen-bond acceptors (Lipinski definition) is 6. The van der Waals surface area contributed by atoms with E-state index in [4.69, 9.17) is 5.73 Å². The van der Waals surface area contributed by atoms with Gasteiger partial charge in [0.2, 0.25) is 17.7 Å². The van der Waals surface area contributed by atoms with Crippen LogP contribution in [-0.2, 0) is 25.6 Å². The summed E-state index contributed by atoms with van der Waals surface area (Å²) in [5, 5.41) is 27.0. The topological polar surface area (TPSA) is 171 Å². The fraction of sp³-hybridized carbons (Fsp3) is 0.615. The van der Waals surface area contributed by atoms with Crippen LogP contribution < -0.4 is 21.7 Å². The number of phenolic OH excluding ortho intramolecular Hbond substituents is 1. The summed E-state index contributed by atoms with van der Waals surface area (Å²) in [5.41, 5.74) is 6.70. The highest BCUT2D eigenvalue weighted by Gasteiger charge is 2.33. The first kappa shape index (κ1) is 30.9. The van der Waals surface area contributed by atoms with E-state index in [1.54, 1.807) is 26.0 Å². The van der Waals surface area contributed by atoms with Gasteiger partial charge in [-0.25, -0.2) is 4.79 Å². The molecule has 0 saturated carbocycles. The Bertz CT molecular complexity index is 889. The maximum atomic E-state index is 13.4. The average Bonchev–Trinajstić information content (AvgIpc) is 2.84. The van der Waals surface area contributed by atoms with Crippen LogP contribution in [0.3, 0.4) is 0 Å². The van der Waals surface area contributed by atoms with E-state index in [0.29, 0.717) is 18.4 Å².